The third kappa shape index (κ3) is 3.15. The molecule has 0 bridgehead atoms. The Kier molecular flexibility index (Phi) is 4.08. The summed E-state index contributed by atoms with van der Waals surface area (Å²) in [6.45, 7) is 2.15. The number of nitrogen functional groups attached to an aromatic ring is 1. The Morgan fingerprint density at radius 2 is 2.04 bits per heavy atom. The number of nitriles is 1. The Balaban J connectivity index is 1.68. The summed E-state index contributed by atoms with van der Waals surface area (Å²) < 4.78 is 5.43. The fourth-order valence-corrected chi connectivity index (χ4v) is 2.46. The van der Waals surface area contributed by atoms with Gasteiger partial charge in [0.25, 0.3) is 0 Å². The highest BCUT2D eigenvalue weighted by Gasteiger charge is 2.13. The maximum Gasteiger partial charge on any atom is 0.412 e. The lowest BCUT2D eigenvalue weighted by molar-refractivity contribution is 0.200. The van der Waals surface area contributed by atoms with Gasteiger partial charge >= 0.3 is 6.09 Å². The molecule has 3 rings (SSSR count). The molecule has 0 aliphatic rings. The summed E-state index contributed by atoms with van der Waals surface area (Å²) in [4.78, 5) is 15.2. The average Bonchev–Trinajstić information content (AvgIpc) is 2.88. The number of aromatic nitrogens is 1. The van der Waals surface area contributed by atoms with Gasteiger partial charge in [-0.2, -0.15) is 5.26 Å². The van der Waals surface area contributed by atoms with E-state index in [-0.39, 0.29) is 0 Å². The molecule has 6 heteroatoms. The summed E-state index contributed by atoms with van der Waals surface area (Å²) in [6, 6.07) is 14.4. The number of nitrogens with two attached hydrogens (primary N) is 1. The van der Waals surface area contributed by atoms with Gasteiger partial charge in [0.05, 0.1) is 22.8 Å². The number of fused-ring (bicyclic) bond motifs is 1. The first kappa shape index (κ1) is 15.4. The van der Waals surface area contributed by atoms with Crippen molar-refractivity contribution < 1.29 is 9.53 Å². The number of carbonyl (C=O) groups excluding carboxylic acids is 1. The molecule has 0 fully saturated rings. The number of ether oxygens (including phenoxy) is 1. The number of anilines is 1. The van der Waals surface area contributed by atoms with Crippen molar-refractivity contribution in [3.05, 3.63) is 59.3 Å². The lowest BCUT2D eigenvalue weighted by atomic mass is 10.1. The van der Waals surface area contributed by atoms with Crippen LogP contribution in [-0.2, 0) is 6.54 Å². The van der Waals surface area contributed by atoms with Crippen LogP contribution in [0.25, 0.3) is 10.9 Å². The summed E-state index contributed by atoms with van der Waals surface area (Å²) in [5.74, 6) is 0.488. The van der Waals surface area contributed by atoms with E-state index in [9.17, 15) is 4.79 Å². The number of hydrogen-bond donors (Lipinski definition) is 3. The summed E-state index contributed by atoms with van der Waals surface area (Å²) in [5, 5.41) is 12.3. The van der Waals surface area contributed by atoms with E-state index in [1.54, 1.807) is 36.4 Å². The van der Waals surface area contributed by atoms with E-state index in [2.05, 4.69) is 16.4 Å². The second-order valence-corrected chi connectivity index (χ2v) is 5.44. The fraction of sp³-hybridized carbons (Fsp3) is 0.111. The molecular weight excluding hydrogens is 304 g/mol. The van der Waals surface area contributed by atoms with Gasteiger partial charge in [0.15, 0.2) is 5.75 Å². The van der Waals surface area contributed by atoms with Gasteiger partial charge in [-0.05, 0) is 42.8 Å². The number of carbonyl (C=O) groups is 1. The van der Waals surface area contributed by atoms with Gasteiger partial charge in [-0.25, -0.2) is 4.79 Å². The lowest BCUT2D eigenvalue weighted by Crippen LogP contribution is -2.26. The monoisotopic (exact) mass is 320 g/mol. The fourth-order valence-electron chi connectivity index (χ4n) is 2.46. The molecule has 1 heterocycles. The van der Waals surface area contributed by atoms with Crippen molar-refractivity contribution >= 4 is 22.7 Å². The second-order valence-electron chi connectivity index (χ2n) is 5.44. The van der Waals surface area contributed by atoms with Crippen LogP contribution in [0.4, 0.5) is 10.5 Å². The first-order chi connectivity index (χ1) is 11.6. The van der Waals surface area contributed by atoms with Crippen LogP contribution in [0.1, 0.15) is 16.8 Å². The summed E-state index contributed by atoms with van der Waals surface area (Å²) in [6.07, 6.45) is -0.541. The summed E-state index contributed by atoms with van der Waals surface area (Å²) >= 11 is 0. The van der Waals surface area contributed by atoms with E-state index in [1.807, 2.05) is 13.0 Å². The zero-order chi connectivity index (χ0) is 17.1. The summed E-state index contributed by atoms with van der Waals surface area (Å²) in [5.41, 5.74) is 9.43. The van der Waals surface area contributed by atoms with Crippen molar-refractivity contribution in [3.8, 4) is 11.8 Å². The van der Waals surface area contributed by atoms with Gasteiger partial charge in [0.1, 0.15) is 0 Å². The number of nitrogens with one attached hydrogen (secondary N) is 2. The van der Waals surface area contributed by atoms with Crippen LogP contribution in [0.15, 0.2) is 42.5 Å². The number of aryl methyl sites for hydroxylation is 1. The minimum absolute atomic E-state index is 0.318. The Morgan fingerprint density at radius 1 is 1.29 bits per heavy atom. The number of amides is 1. The number of benzene rings is 2. The molecule has 120 valence electrons. The van der Waals surface area contributed by atoms with Crippen LogP contribution in [0.2, 0.25) is 0 Å². The van der Waals surface area contributed by atoms with Gasteiger partial charge in [-0.15, -0.1) is 0 Å². The molecule has 0 aliphatic heterocycles. The van der Waals surface area contributed by atoms with Crippen LogP contribution in [0.3, 0.4) is 0 Å². The molecule has 24 heavy (non-hydrogen) atoms. The highest BCUT2D eigenvalue weighted by molar-refractivity contribution is 5.91. The Bertz CT molecular complexity index is 936. The van der Waals surface area contributed by atoms with Crippen LogP contribution in [0.5, 0.6) is 5.75 Å². The maximum atomic E-state index is 12.0. The van der Waals surface area contributed by atoms with Gasteiger partial charge in [-0.1, -0.05) is 12.1 Å². The third-order valence-corrected chi connectivity index (χ3v) is 3.67. The van der Waals surface area contributed by atoms with Crippen LogP contribution in [0, 0.1) is 18.3 Å². The predicted octanol–water partition coefficient (Wildman–Crippen LogP) is 3.22. The van der Waals surface area contributed by atoms with Gasteiger partial charge in [0.2, 0.25) is 0 Å². The first-order valence-corrected chi connectivity index (χ1v) is 7.39. The molecular formula is C18H16N4O2. The van der Waals surface area contributed by atoms with Crippen LogP contribution >= 0.6 is 0 Å². The van der Waals surface area contributed by atoms with E-state index >= 15 is 0 Å². The molecule has 0 unspecified atom stereocenters. The molecule has 0 saturated heterocycles. The average molecular weight is 320 g/mol. The van der Waals surface area contributed by atoms with E-state index < -0.39 is 6.09 Å². The molecule has 2 aromatic carbocycles. The van der Waals surface area contributed by atoms with E-state index in [1.165, 1.54) is 0 Å². The number of nitrogens with zero attached hydrogens (tertiary/aromatic N) is 1. The van der Waals surface area contributed by atoms with E-state index in [0.29, 0.717) is 23.5 Å². The van der Waals surface area contributed by atoms with Gasteiger partial charge in [-0.3, -0.25) is 0 Å². The molecule has 0 saturated carbocycles. The van der Waals surface area contributed by atoms with Crippen molar-refractivity contribution in [2.45, 2.75) is 13.5 Å². The molecule has 0 spiro atoms. The molecule has 1 aromatic heterocycles. The molecule has 1 amide bonds. The van der Waals surface area contributed by atoms with Gasteiger partial charge in [0, 0.05) is 17.6 Å². The van der Waals surface area contributed by atoms with Crippen LogP contribution < -0.4 is 15.8 Å². The standard InChI is InChI=1S/C18H16N4O2/c1-11-17(15-7-6-14(20)8-16(15)22-11)24-18(23)21-10-13-4-2-12(9-19)3-5-13/h2-8,22H,10,20H2,1H3,(H,21,23). The largest absolute Gasteiger partial charge is 0.412 e. The zero-order valence-electron chi connectivity index (χ0n) is 13.1. The Morgan fingerprint density at radius 3 is 2.75 bits per heavy atom. The minimum Gasteiger partial charge on any atom is -0.408 e. The maximum absolute atomic E-state index is 12.0. The smallest absolute Gasteiger partial charge is 0.408 e. The summed E-state index contributed by atoms with van der Waals surface area (Å²) in [7, 11) is 0. The Labute approximate surface area is 138 Å². The topological polar surface area (TPSA) is 104 Å². The molecule has 4 N–H and O–H groups in total. The van der Waals surface area contributed by atoms with Crippen molar-refractivity contribution in [1.29, 1.82) is 5.26 Å². The van der Waals surface area contributed by atoms with Gasteiger partial charge < -0.3 is 20.8 Å². The van der Waals surface area contributed by atoms with Crippen molar-refractivity contribution in [2.24, 2.45) is 0 Å². The first-order valence-electron chi connectivity index (χ1n) is 7.39. The zero-order valence-corrected chi connectivity index (χ0v) is 13.1. The molecule has 3 aromatic rings. The minimum atomic E-state index is -0.541. The van der Waals surface area contributed by atoms with E-state index in [0.717, 1.165) is 22.2 Å². The number of aromatic amines is 1. The van der Waals surface area contributed by atoms with Crippen molar-refractivity contribution in [2.75, 3.05) is 5.73 Å². The molecule has 0 radical (unpaired) electrons. The molecule has 0 aliphatic carbocycles. The highest BCUT2D eigenvalue weighted by atomic mass is 16.6. The van der Waals surface area contributed by atoms with Crippen LogP contribution in [-0.4, -0.2) is 11.1 Å². The Hall–Kier alpha value is -3.46. The van der Waals surface area contributed by atoms with Crippen molar-refractivity contribution in [3.63, 3.8) is 0 Å². The number of H-pyrrole nitrogens is 1. The molecule has 6 nitrogen and oxygen atoms in total. The molecule has 0 atom stereocenters. The number of rotatable bonds is 3. The lowest BCUT2D eigenvalue weighted by Gasteiger charge is -2.07. The SMILES string of the molecule is Cc1[nH]c2cc(N)ccc2c1OC(=O)NCc1ccc(C#N)cc1. The number of hydrogen-bond acceptors (Lipinski definition) is 4. The van der Waals surface area contributed by atoms with E-state index in [4.69, 9.17) is 15.7 Å². The highest BCUT2D eigenvalue weighted by Crippen LogP contribution is 2.30. The third-order valence-electron chi connectivity index (χ3n) is 3.67. The second kappa shape index (κ2) is 6.34. The predicted molar refractivity (Wildman–Crippen MR) is 91.5 cm³/mol. The normalized spacial score (nSPS) is 10.3. The quantitative estimate of drug-likeness (QED) is 0.644. The van der Waals surface area contributed by atoms with Crippen molar-refractivity contribution in [1.82, 2.24) is 10.3 Å².